The number of hydrogen-bond donors (Lipinski definition) is 2. The number of aromatic hydroxyl groups is 2. The minimum absolute atomic E-state index is 0.0198. The smallest absolute Gasteiger partial charge is 0.160 e. The first kappa shape index (κ1) is 18.8. The molecule has 0 aliphatic rings. The maximum atomic E-state index is 9.71. The summed E-state index contributed by atoms with van der Waals surface area (Å²) in [5, 5.41) is 19.1. The van der Waals surface area contributed by atoms with Crippen molar-refractivity contribution in [2.75, 3.05) is 13.2 Å². The summed E-state index contributed by atoms with van der Waals surface area (Å²) < 4.78 is 5.62. The van der Waals surface area contributed by atoms with E-state index in [-0.39, 0.29) is 11.5 Å². The molecule has 0 aliphatic carbocycles. The zero-order valence-corrected chi connectivity index (χ0v) is 14.0. The van der Waals surface area contributed by atoms with Gasteiger partial charge in [0.15, 0.2) is 11.5 Å². The third-order valence-electron chi connectivity index (χ3n) is 3.98. The lowest BCUT2D eigenvalue weighted by atomic mass is 10.0. The molecule has 1 aromatic rings. The summed E-state index contributed by atoms with van der Waals surface area (Å²) in [5.41, 5.74) is 0.843. The van der Waals surface area contributed by atoms with Gasteiger partial charge in [0.25, 0.3) is 0 Å². The molecule has 1 aromatic carbocycles. The van der Waals surface area contributed by atoms with E-state index in [4.69, 9.17) is 4.74 Å². The molecule has 0 atom stereocenters. The van der Waals surface area contributed by atoms with E-state index in [0.717, 1.165) is 44.5 Å². The number of phenols is 2. The fourth-order valence-corrected chi connectivity index (χ4v) is 2.56. The van der Waals surface area contributed by atoms with E-state index in [1.165, 1.54) is 44.6 Å². The van der Waals surface area contributed by atoms with Gasteiger partial charge in [-0.05, 0) is 37.3 Å². The molecule has 3 heteroatoms. The Hall–Kier alpha value is -1.22. The van der Waals surface area contributed by atoms with Gasteiger partial charge in [-0.1, -0.05) is 57.6 Å². The number of para-hydroxylation sites is 1. The van der Waals surface area contributed by atoms with Gasteiger partial charge in [0.2, 0.25) is 0 Å². The molecule has 0 aromatic heterocycles. The van der Waals surface area contributed by atoms with Crippen LogP contribution in [0.3, 0.4) is 0 Å². The van der Waals surface area contributed by atoms with Crippen LogP contribution in [0.5, 0.6) is 11.5 Å². The van der Waals surface area contributed by atoms with Gasteiger partial charge in [-0.25, -0.2) is 0 Å². The van der Waals surface area contributed by atoms with Gasteiger partial charge in [0.1, 0.15) is 0 Å². The van der Waals surface area contributed by atoms with Crippen LogP contribution in [-0.2, 0) is 11.2 Å². The Kier molecular flexibility index (Phi) is 10.6. The molecule has 0 fully saturated rings. The molecule has 0 bridgehead atoms. The Balaban J connectivity index is 1.90. The number of rotatable bonds is 13. The molecule has 0 saturated carbocycles. The molecule has 22 heavy (non-hydrogen) atoms. The molecule has 3 nitrogen and oxygen atoms in total. The van der Waals surface area contributed by atoms with E-state index in [9.17, 15) is 10.2 Å². The van der Waals surface area contributed by atoms with Crippen LogP contribution in [-0.4, -0.2) is 23.4 Å². The first-order chi connectivity index (χ1) is 10.8. The highest BCUT2D eigenvalue weighted by molar-refractivity contribution is 5.44. The summed E-state index contributed by atoms with van der Waals surface area (Å²) in [6.45, 7) is 4.03. The van der Waals surface area contributed by atoms with Crippen molar-refractivity contribution in [3.05, 3.63) is 23.8 Å². The Morgan fingerprint density at radius 1 is 0.818 bits per heavy atom. The topological polar surface area (TPSA) is 49.7 Å². The van der Waals surface area contributed by atoms with Gasteiger partial charge >= 0.3 is 0 Å². The second-order valence-electron chi connectivity index (χ2n) is 5.98. The van der Waals surface area contributed by atoms with Crippen molar-refractivity contribution >= 4 is 0 Å². The molecule has 0 radical (unpaired) electrons. The van der Waals surface area contributed by atoms with Gasteiger partial charge in [0.05, 0.1) is 0 Å². The number of unbranched alkanes of at least 4 members (excludes halogenated alkanes) is 7. The maximum absolute atomic E-state index is 9.71. The maximum Gasteiger partial charge on any atom is 0.160 e. The summed E-state index contributed by atoms with van der Waals surface area (Å²) in [6.07, 6.45) is 11.7. The Morgan fingerprint density at radius 2 is 1.45 bits per heavy atom. The van der Waals surface area contributed by atoms with Crippen LogP contribution in [0, 0.1) is 0 Å². The minimum Gasteiger partial charge on any atom is -0.504 e. The van der Waals surface area contributed by atoms with E-state index < -0.39 is 0 Å². The molecule has 0 amide bonds. The van der Waals surface area contributed by atoms with E-state index in [1.807, 2.05) is 6.07 Å². The highest BCUT2D eigenvalue weighted by atomic mass is 16.5. The van der Waals surface area contributed by atoms with Crippen LogP contribution in [0.2, 0.25) is 0 Å². The largest absolute Gasteiger partial charge is 0.504 e. The molecular formula is C19H32O3. The van der Waals surface area contributed by atoms with Crippen molar-refractivity contribution in [2.45, 2.75) is 71.1 Å². The van der Waals surface area contributed by atoms with Crippen LogP contribution in [0.1, 0.15) is 70.3 Å². The van der Waals surface area contributed by atoms with Crippen molar-refractivity contribution in [3.8, 4) is 11.5 Å². The molecule has 0 unspecified atom stereocenters. The predicted molar refractivity (Wildman–Crippen MR) is 91.5 cm³/mol. The second-order valence-corrected chi connectivity index (χ2v) is 5.98. The van der Waals surface area contributed by atoms with Crippen LogP contribution < -0.4 is 0 Å². The van der Waals surface area contributed by atoms with Gasteiger partial charge < -0.3 is 14.9 Å². The average molecular weight is 308 g/mol. The lowest BCUT2D eigenvalue weighted by Gasteiger charge is -2.06. The SMILES string of the molecule is CCCCCCOCCCCCCCc1cccc(O)c1O. The highest BCUT2D eigenvalue weighted by Gasteiger charge is 2.04. The van der Waals surface area contributed by atoms with Gasteiger partial charge in [-0.3, -0.25) is 0 Å². The van der Waals surface area contributed by atoms with Crippen molar-refractivity contribution < 1.29 is 14.9 Å². The standard InChI is InChI=1S/C19H32O3/c1-2-3-4-9-15-22-16-10-7-5-6-8-12-17-13-11-14-18(20)19(17)21/h11,13-14,20-21H,2-10,12,15-16H2,1H3. The fraction of sp³-hybridized carbons (Fsp3) is 0.684. The average Bonchev–Trinajstić information content (AvgIpc) is 2.52. The van der Waals surface area contributed by atoms with Gasteiger partial charge in [-0.15, -0.1) is 0 Å². The molecule has 0 spiro atoms. The quantitative estimate of drug-likeness (QED) is 0.389. The Labute approximate surface area is 135 Å². The van der Waals surface area contributed by atoms with E-state index in [0.29, 0.717) is 0 Å². The van der Waals surface area contributed by atoms with Crippen LogP contribution >= 0.6 is 0 Å². The normalized spacial score (nSPS) is 11.0. The van der Waals surface area contributed by atoms with Crippen LogP contribution in [0.15, 0.2) is 18.2 Å². The van der Waals surface area contributed by atoms with Crippen LogP contribution in [0.25, 0.3) is 0 Å². The first-order valence-electron chi connectivity index (χ1n) is 8.83. The third kappa shape index (κ3) is 8.28. The van der Waals surface area contributed by atoms with Crippen molar-refractivity contribution in [1.29, 1.82) is 0 Å². The Morgan fingerprint density at radius 3 is 2.18 bits per heavy atom. The molecule has 2 N–H and O–H groups in total. The monoisotopic (exact) mass is 308 g/mol. The molecule has 1 rings (SSSR count). The summed E-state index contributed by atoms with van der Waals surface area (Å²) in [4.78, 5) is 0. The van der Waals surface area contributed by atoms with Gasteiger partial charge in [-0.2, -0.15) is 0 Å². The molecule has 0 aliphatic heterocycles. The lowest BCUT2D eigenvalue weighted by Crippen LogP contribution is -1.97. The zero-order valence-electron chi connectivity index (χ0n) is 14.0. The van der Waals surface area contributed by atoms with Crippen molar-refractivity contribution in [2.24, 2.45) is 0 Å². The third-order valence-corrected chi connectivity index (χ3v) is 3.98. The number of aryl methyl sites for hydroxylation is 1. The summed E-state index contributed by atoms with van der Waals surface area (Å²) >= 11 is 0. The number of phenolic OH excluding ortho intramolecular Hbond substituents is 2. The number of benzene rings is 1. The first-order valence-corrected chi connectivity index (χ1v) is 8.83. The second kappa shape index (κ2) is 12.3. The molecule has 0 heterocycles. The fourth-order valence-electron chi connectivity index (χ4n) is 2.56. The Bertz CT molecular complexity index is 390. The van der Waals surface area contributed by atoms with Crippen molar-refractivity contribution in [1.82, 2.24) is 0 Å². The minimum atomic E-state index is -0.0198. The van der Waals surface area contributed by atoms with Crippen LogP contribution in [0.4, 0.5) is 0 Å². The summed E-state index contributed by atoms with van der Waals surface area (Å²) in [5.74, 6) is 0.0209. The lowest BCUT2D eigenvalue weighted by molar-refractivity contribution is 0.126. The van der Waals surface area contributed by atoms with Gasteiger partial charge in [0, 0.05) is 13.2 Å². The summed E-state index contributed by atoms with van der Waals surface area (Å²) in [6, 6.07) is 5.17. The number of hydrogen-bond acceptors (Lipinski definition) is 3. The van der Waals surface area contributed by atoms with E-state index in [1.54, 1.807) is 6.07 Å². The zero-order chi connectivity index (χ0) is 16.0. The summed E-state index contributed by atoms with van der Waals surface area (Å²) in [7, 11) is 0. The highest BCUT2D eigenvalue weighted by Crippen LogP contribution is 2.29. The number of ether oxygens (including phenoxy) is 1. The van der Waals surface area contributed by atoms with E-state index in [2.05, 4.69) is 6.92 Å². The molecular weight excluding hydrogens is 276 g/mol. The van der Waals surface area contributed by atoms with Crippen molar-refractivity contribution in [3.63, 3.8) is 0 Å². The predicted octanol–water partition coefficient (Wildman–Crippen LogP) is 5.19. The van der Waals surface area contributed by atoms with E-state index >= 15 is 0 Å². The molecule has 126 valence electrons. The molecule has 0 saturated heterocycles.